The van der Waals surface area contributed by atoms with Gasteiger partial charge in [0.15, 0.2) is 0 Å². The Morgan fingerprint density at radius 2 is 1.96 bits per heavy atom. The summed E-state index contributed by atoms with van der Waals surface area (Å²) in [5.74, 6) is 0.502. The molecule has 1 aromatic carbocycles. The standard InChI is InChI=1S/C21H27ClN4O2/c1-21(20(28)17-11-16(22)10-14-12-23-26(21)19(14)17)15-4-8-25(9-5-15)18(27)13-24-6-2-3-7-24/h10-12,15,20,28H,2-9,13H2,1H3/t20-,21?/m1/s1. The highest BCUT2D eigenvalue weighted by Crippen LogP contribution is 2.51. The number of aliphatic hydroxyl groups is 1. The van der Waals surface area contributed by atoms with Crippen LogP contribution < -0.4 is 0 Å². The lowest BCUT2D eigenvalue weighted by Crippen LogP contribution is -2.49. The third-order valence-corrected chi connectivity index (χ3v) is 7.41. The molecule has 0 spiro atoms. The molecule has 2 fully saturated rings. The normalized spacial score (nSPS) is 28.5. The second-order valence-corrected chi connectivity index (χ2v) is 9.19. The molecule has 28 heavy (non-hydrogen) atoms. The monoisotopic (exact) mass is 402 g/mol. The summed E-state index contributed by atoms with van der Waals surface area (Å²) in [6, 6.07) is 3.77. The number of benzene rings is 1. The van der Waals surface area contributed by atoms with Gasteiger partial charge in [-0.2, -0.15) is 5.10 Å². The van der Waals surface area contributed by atoms with Crippen molar-refractivity contribution in [2.24, 2.45) is 5.92 Å². The number of rotatable bonds is 3. The first-order chi connectivity index (χ1) is 13.5. The van der Waals surface area contributed by atoms with Gasteiger partial charge in [0.25, 0.3) is 0 Å². The molecule has 3 aliphatic rings. The van der Waals surface area contributed by atoms with E-state index in [-0.39, 0.29) is 11.8 Å². The summed E-state index contributed by atoms with van der Waals surface area (Å²) in [6.07, 6.45) is 5.37. The molecule has 1 amide bonds. The van der Waals surface area contributed by atoms with Crippen LogP contribution >= 0.6 is 11.6 Å². The summed E-state index contributed by atoms with van der Waals surface area (Å²) in [4.78, 5) is 16.9. The van der Waals surface area contributed by atoms with E-state index in [0.717, 1.165) is 55.5 Å². The van der Waals surface area contributed by atoms with Gasteiger partial charge in [0, 0.05) is 29.1 Å². The average Bonchev–Trinajstić information content (AvgIpc) is 3.40. The molecule has 1 N–H and O–H groups in total. The van der Waals surface area contributed by atoms with Gasteiger partial charge in [-0.05, 0) is 63.7 Å². The van der Waals surface area contributed by atoms with Crippen molar-refractivity contribution in [3.8, 4) is 0 Å². The summed E-state index contributed by atoms with van der Waals surface area (Å²) >= 11 is 6.25. The molecule has 0 saturated carbocycles. The number of carbonyl (C=O) groups is 1. The van der Waals surface area contributed by atoms with Crippen LogP contribution in [0.3, 0.4) is 0 Å². The maximum Gasteiger partial charge on any atom is 0.236 e. The number of amides is 1. The van der Waals surface area contributed by atoms with Crippen molar-refractivity contribution in [3.05, 3.63) is 28.9 Å². The van der Waals surface area contributed by atoms with Crippen molar-refractivity contribution in [2.75, 3.05) is 32.7 Å². The van der Waals surface area contributed by atoms with E-state index in [1.54, 1.807) is 0 Å². The highest BCUT2D eigenvalue weighted by molar-refractivity contribution is 6.31. The van der Waals surface area contributed by atoms with Crippen LogP contribution in [0.25, 0.3) is 10.9 Å². The molecular formula is C21H27ClN4O2. The minimum atomic E-state index is -0.630. The summed E-state index contributed by atoms with van der Waals surface area (Å²) < 4.78 is 2.01. The maximum absolute atomic E-state index is 12.7. The number of piperidine rings is 1. The zero-order chi connectivity index (χ0) is 19.5. The number of halogens is 1. The number of aromatic nitrogens is 2. The van der Waals surface area contributed by atoms with Crippen LogP contribution in [-0.4, -0.2) is 63.3 Å². The van der Waals surface area contributed by atoms with Crippen molar-refractivity contribution in [2.45, 2.75) is 44.2 Å². The Balaban J connectivity index is 1.33. The van der Waals surface area contributed by atoms with E-state index in [1.165, 1.54) is 12.8 Å². The summed E-state index contributed by atoms with van der Waals surface area (Å²) in [5, 5.41) is 17.4. The average molecular weight is 403 g/mol. The zero-order valence-electron chi connectivity index (χ0n) is 16.3. The number of hydrogen-bond donors (Lipinski definition) is 1. The van der Waals surface area contributed by atoms with Gasteiger partial charge in [0.05, 0.1) is 23.8 Å². The SMILES string of the molecule is CC1(C2CCN(C(=O)CN3CCCC3)CC2)[C@H](O)c2cc(Cl)cc3cnn1c23. The fourth-order valence-corrected chi connectivity index (χ4v) is 5.74. The fourth-order valence-electron chi connectivity index (χ4n) is 5.51. The van der Waals surface area contributed by atoms with Crippen molar-refractivity contribution in [3.63, 3.8) is 0 Å². The van der Waals surface area contributed by atoms with Crippen LogP contribution in [0.15, 0.2) is 18.3 Å². The van der Waals surface area contributed by atoms with E-state index in [0.29, 0.717) is 11.6 Å². The fraction of sp³-hybridized carbons (Fsp3) is 0.619. The Labute approximate surface area is 170 Å². The van der Waals surface area contributed by atoms with E-state index in [2.05, 4.69) is 16.9 Å². The predicted octanol–water partition coefficient (Wildman–Crippen LogP) is 2.79. The molecular weight excluding hydrogens is 376 g/mol. The lowest BCUT2D eigenvalue weighted by atomic mass is 9.75. The highest BCUT2D eigenvalue weighted by Gasteiger charge is 2.50. The molecule has 6 nitrogen and oxygen atoms in total. The van der Waals surface area contributed by atoms with Crippen LogP contribution in [0.2, 0.25) is 5.02 Å². The van der Waals surface area contributed by atoms with Crippen LogP contribution in [-0.2, 0) is 10.3 Å². The molecule has 150 valence electrons. The van der Waals surface area contributed by atoms with Crippen molar-refractivity contribution in [1.82, 2.24) is 19.6 Å². The van der Waals surface area contributed by atoms with Crippen molar-refractivity contribution < 1.29 is 9.90 Å². The van der Waals surface area contributed by atoms with E-state index in [9.17, 15) is 9.90 Å². The molecule has 1 aromatic heterocycles. The van der Waals surface area contributed by atoms with Crippen LogP contribution in [0.5, 0.6) is 0 Å². The number of carbonyl (C=O) groups excluding carboxylic acids is 1. The van der Waals surface area contributed by atoms with Gasteiger partial charge in [-0.3, -0.25) is 14.4 Å². The highest BCUT2D eigenvalue weighted by atomic mass is 35.5. The number of likely N-dealkylation sites (tertiary alicyclic amines) is 2. The summed E-state index contributed by atoms with van der Waals surface area (Å²) in [6.45, 7) is 6.24. The van der Waals surface area contributed by atoms with Gasteiger partial charge < -0.3 is 10.0 Å². The maximum atomic E-state index is 12.7. The molecule has 3 aliphatic heterocycles. The van der Waals surface area contributed by atoms with Gasteiger partial charge in [-0.25, -0.2) is 0 Å². The molecule has 2 aromatic rings. The first-order valence-electron chi connectivity index (χ1n) is 10.3. The Kier molecular flexibility index (Phi) is 4.41. The van der Waals surface area contributed by atoms with Crippen LogP contribution in [0.4, 0.5) is 0 Å². The predicted molar refractivity (Wildman–Crippen MR) is 108 cm³/mol. The number of nitrogens with zero attached hydrogens (tertiary/aromatic N) is 4. The molecule has 0 aliphatic carbocycles. The van der Waals surface area contributed by atoms with Gasteiger partial charge in [0.1, 0.15) is 6.10 Å². The molecule has 1 unspecified atom stereocenters. The Morgan fingerprint density at radius 1 is 1.25 bits per heavy atom. The van der Waals surface area contributed by atoms with E-state index >= 15 is 0 Å². The molecule has 5 rings (SSSR count). The lowest BCUT2D eigenvalue weighted by molar-refractivity contribution is -0.134. The Hall–Kier alpha value is -1.63. The molecule has 2 saturated heterocycles. The number of hydrogen-bond acceptors (Lipinski definition) is 4. The third-order valence-electron chi connectivity index (χ3n) is 7.19. The largest absolute Gasteiger partial charge is 0.386 e. The third kappa shape index (κ3) is 2.69. The zero-order valence-corrected chi connectivity index (χ0v) is 17.0. The van der Waals surface area contributed by atoms with Crippen molar-refractivity contribution >= 4 is 28.4 Å². The molecule has 2 atom stereocenters. The first-order valence-corrected chi connectivity index (χ1v) is 10.7. The Morgan fingerprint density at radius 3 is 2.68 bits per heavy atom. The van der Waals surface area contributed by atoms with Crippen LogP contribution in [0.1, 0.15) is 44.3 Å². The number of aliphatic hydroxyl groups excluding tert-OH is 1. The Bertz CT molecular complexity index is 915. The second kappa shape index (κ2) is 6.71. The quantitative estimate of drug-likeness (QED) is 0.857. The molecule has 0 radical (unpaired) electrons. The smallest absolute Gasteiger partial charge is 0.236 e. The van der Waals surface area contributed by atoms with E-state index < -0.39 is 11.6 Å². The van der Waals surface area contributed by atoms with Crippen molar-refractivity contribution in [1.29, 1.82) is 0 Å². The van der Waals surface area contributed by atoms with Crippen LogP contribution in [0, 0.1) is 5.92 Å². The minimum Gasteiger partial charge on any atom is -0.386 e. The minimum absolute atomic E-state index is 0.244. The van der Waals surface area contributed by atoms with Gasteiger partial charge >= 0.3 is 0 Å². The summed E-state index contributed by atoms with van der Waals surface area (Å²) in [5.41, 5.74) is 1.36. The topological polar surface area (TPSA) is 61.6 Å². The van der Waals surface area contributed by atoms with E-state index in [4.69, 9.17) is 11.6 Å². The molecule has 7 heteroatoms. The molecule has 0 bridgehead atoms. The van der Waals surface area contributed by atoms with Gasteiger partial charge in [-0.15, -0.1) is 0 Å². The molecule has 4 heterocycles. The van der Waals surface area contributed by atoms with Gasteiger partial charge in [0.2, 0.25) is 5.91 Å². The second-order valence-electron chi connectivity index (χ2n) is 8.76. The van der Waals surface area contributed by atoms with Gasteiger partial charge in [-0.1, -0.05) is 11.6 Å². The first kappa shape index (κ1) is 18.4. The summed E-state index contributed by atoms with van der Waals surface area (Å²) in [7, 11) is 0. The lowest BCUT2D eigenvalue weighted by Gasteiger charge is -2.43. The van der Waals surface area contributed by atoms with E-state index in [1.807, 2.05) is 27.9 Å².